The van der Waals surface area contributed by atoms with E-state index in [4.69, 9.17) is 32.7 Å². The molecular weight excluding hydrogens is 373 g/mol. The summed E-state index contributed by atoms with van der Waals surface area (Å²) in [5.41, 5.74) is 0.549. The van der Waals surface area contributed by atoms with Crippen LogP contribution in [-0.4, -0.2) is 43.2 Å². The van der Waals surface area contributed by atoms with E-state index >= 15 is 0 Å². The number of amides is 1. The lowest BCUT2D eigenvalue weighted by atomic mass is 10.1. The van der Waals surface area contributed by atoms with E-state index in [2.05, 4.69) is 0 Å². The first-order chi connectivity index (χ1) is 12.6. The van der Waals surface area contributed by atoms with Gasteiger partial charge in [0.05, 0.1) is 22.8 Å². The Balaban J connectivity index is 1.47. The summed E-state index contributed by atoms with van der Waals surface area (Å²) in [6, 6.07) is 14.6. The zero-order valence-electron chi connectivity index (χ0n) is 14.4. The van der Waals surface area contributed by atoms with E-state index in [1.807, 2.05) is 35.2 Å². The summed E-state index contributed by atoms with van der Waals surface area (Å²) in [6.07, 6.45) is 1.88. The van der Waals surface area contributed by atoms with Crippen molar-refractivity contribution in [1.82, 2.24) is 4.90 Å². The van der Waals surface area contributed by atoms with Crippen LogP contribution in [0.3, 0.4) is 0 Å². The molecule has 138 valence electrons. The second-order valence-corrected chi connectivity index (χ2v) is 6.99. The van der Waals surface area contributed by atoms with Crippen LogP contribution in [0.2, 0.25) is 10.0 Å². The highest BCUT2D eigenvalue weighted by Gasteiger charge is 2.25. The number of hydrogen-bond donors (Lipinski definition) is 0. The molecule has 6 heteroatoms. The van der Waals surface area contributed by atoms with Crippen molar-refractivity contribution < 1.29 is 14.3 Å². The van der Waals surface area contributed by atoms with Gasteiger partial charge in [0.25, 0.3) is 5.91 Å². The highest BCUT2D eigenvalue weighted by atomic mass is 35.5. The van der Waals surface area contributed by atoms with Crippen LogP contribution in [0.4, 0.5) is 0 Å². The predicted molar refractivity (Wildman–Crippen MR) is 103 cm³/mol. The molecule has 1 saturated heterocycles. The molecule has 0 N–H and O–H groups in total. The number of halogens is 2. The fourth-order valence-electron chi connectivity index (χ4n) is 2.96. The molecule has 0 radical (unpaired) electrons. The molecule has 1 atom stereocenters. The van der Waals surface area contributed by atoms with Gasteiger partial charge in [0.1, 0.15) is 12.4 Å². The molecule has 3 rings (SSSR count). The van der Waals surface area contributed by atoms with Crippen LogP contribution in [0.15, 0.2) is 48.5 Å². The molecule has 1 fully saturated rings. The van der Waals surface area contributed by atoms with Crippen molar-refractivity contribution in [2.45, 2.75) is 18.9 Å². The lowest BCUT2D eigenvalue weighted by Gasteiger charge is -2.32. The van der Waals surface area contributed by atoms with Gasteiger partial charge in [-0.05, 0) is 43.2 Å². The second-order valence-electron chi connectivity index (χ2n) is 6.18. The molecule has 0 spiro atoms. The Hall–Kier alpha value is -1.75. The maximum Gasteiger partial charge on any atom is 0.253 e. The van der Waals surface area contributed by atoms with Crippen LogP contribution in [-0.2, 0) is 4.74 Å². The van der Waals surface area contributed by atoms with Gasteiger partial charge in [-0.15, -0.1) is 0 Å². The van der Waals surface area contributed by atoms with Crippen molar-refractivity contribution in [1.29, 1.82) is 0 Å². The van der Waals surface area contributed by atoms with Gasteiger partial charge in [-0.25, -0.2) is 0 Å². The van der Waals surface area contributed by atoms with E-state index in [1.54, 1.807) is 18.2 Å². The molecule has 2 aromatic carbocycles. The molecule has 0 unspecified atom stereocenters. The fourth-order valence-corrected chi connectivity index (χ4v) is 3.26. The molecule has 0 saturated carbocycles. The Kier molecular flexibility index (Phi) is 6.78. The average Bonchev–Trinajstić information content (AvgIpc) is 2.68. The number of carbonyl (C=O) groups excluding carboxylic acids is 1. The summed E-state index contributed by atoms with van der Waals surface area (Å²) < 4.78 is 11.5. The molecule has 0 aliphatic carbocycles. The number of hydrogen-bond acceptors (Lipinski definition) is 3. The summed E-state index contributed by atoms with van der Waals surface area (Å²) >= 11 is 11.9. The van der Waals surface area contributed by atoms with Gasteiger partial charge in [0.15, 0.2) is 0 Å². The first-order valence-electron chi connectivity index (χ1n) is 8.67. The number of ether oxygens (including phenoxy) is 2. The van der Waals surface area contributed by atoms with Gasteiger partial charge in [0, 0.05) is 18.7 Å². The number of benzene rings is 2. The SMILES string of the molecule is O=C(c1ccc(Cl)c(Cl)c1)N1CCC[C@@H](OCCOc2ccccc2)C1. The number of carbonyl (C=O) groups is 1. The molecule has 1 heterocycles. The Morgan fingerprint density at radius 3 is 2.65 bits per heavy atom. The van der Waals surface area contributed by atoms with E-state index in [-0.39, 0.29) is 12.0 Å². The zero-order valence-corrected chi connectivity index (χ0v) is 15.9. The topological polar surface area (TPSA) is 38.8 Å². The van der Waals surface area contributed by atoms with Crippen LogP contribution >= 0.6 is 23.2 Å². The van der Waals surface area contributed by atoms with Crippen molar-refractivity contribution in [3.05, 3.63) is 64.1 Å². The minimum Gasteiger partial charge on any atom is -0.491 e. The maximum absolute atomic E-state index is 12.7. The predicted octanol–water partition coefficient (Wildman–Crippen LogP) is 4.69. The summed E-state index contributed by atoms with van der Waals surface area (Å²) in [5.74, 6) is 0.786. The molecule has 2 aromatic rings. The van der Waals surface area contributed by atoms with Gasteiger partial charge in [-0.1, -0.05) is 41.4 Å². The molecule has 26 heavy (non-hydrogen) atoms. The van der Waals surface area contributed by atoms with Crippen molar-refractivity contribution in [2.24, 2.45) is 0 Å². The maximum atomic E-state index is 12.7. The summed E-state index contributed by atoms with van der Waals surface area (Å²) in [6.45, 7) is 2.28. The molecule has 4 nitrogen and oxygen atoms in total. The van der Waals surface area contributed by atoms with Crippen LogP contribution < -0.4 is 4.74 Å². The third-order valence-corrected chi connectivity index (χ3v) is 5.02. The first kappa shape index (κ1) is 19.0. The minimum atomic E-state index is -0.0441. The molecule has 0 bridgehead atoms. The van der Waals surface area contributed by atoms with Crippen LogP contribution in [0.1, 0.15) is 23.2 Å². The smallest absolute Gasteiger partial charge is 0.253 e. The Labute approximate surface area is 163 Å². The Bertz CT molecular complexity index is 739. The van der Waals surface area contributed by atoms with E-state index in [1.165, 1.54) is 0 Å². The number of piperidine rings is 1. The summed E-state index contributed by atoms with van der Waals surface area (Å²) in [5, 5.41) is 0.835. The standard InChI is InChI=1S/C20H21Cl2NO3/c21-18-9-8-15(13-19(18)22)20(24)23-10-4-7-17(14-23)26-12-11-25-16-5-2-1-3-6-16/h1-3,5-6,8-9,13,17H,4,7,10-12,14H2/t17-/m1/s1. The number of nitrogens with zero attached hydrogens (tertiary/aromatic N) is 1. The largest absolute Gasteiger partial charge is 0.491 e. The van der Waals surface area contributed by atoms with E-state index in [0.29, 0.717) is 35.4 Å². The van der Waals surface area contributed by atoms with Crippen molar-refractivity contribution >= 4 is 29.1 Å². The summed E-state index contributed by atoms with van der Waals surface area (Å²) in [7, 11) is 0. The lowest BCUT2D eigenvalue weighted by molar-refractivity contribution is -0.00817. The van der Waals surface area contributed by atoms with Crippen LogP contribution in [0.5, 0.6) is 5.75 Å². The third kappa shape index (κ3) is 5.13. The first-order valence-corrected chi connectivity index (χ1v) is 9.43. The fraction of sp³-hybridized carbons (Fsp3) is 0.350. The zero-order chi connectivity index (χ0) is 18.4. The van der Waals surface area contributed by atoms with Crippen molar-refractivity contribution in [2.75, 3.05) is 26.3 Å². The van der Waals surface area contributed by atoms with Gasteiger partial charge in [-0.2, -0.15) is 0 Å². The van der Waals surface area contributed by atoms with Gasteiger partial charge < -0.3 is 14.4 Å². The van der Waals surface area contributed by atoms with Gasteiger partial charge in [-0.3, -0.25) is 4.79 Å². The van der Waals surface area contributed by atoms with Crippen molar-refractivity contribution in [3.63, 3.8) is 0 Å². The monoisotopic (exact) mass is 393 g/mol. The number of rotatable bonds is 6. The average molecular weight is 394 g/mol. The van der Waals surface area contributed by atoms with Crippen molar-refractivity contribution in [3.8, 4) is 5.75 Å². The normalized spacial score (nSPS) is 17.2. The molecule has 1 aliphatic heterocycles. The highest BCUT2D eigenvalue weighted by molar-refractivity contribution is 6.42. The summed E-state index contributed by atoms with van der Waals surface area (Å²) in [4.78, 5) is 14.5. The number of para-hydroxylation sites is 1. The van der Waals surface area contributed by atoms with E-state index in [0.717, 1.165) is 25.1 Å². The second kappa shape index (κ2) is 9.26. The Morgan fingerprint density at radius 2 is 1.88 bits per heavy atom. The molecule has 0 aromatic heterocycles. The van der Waals surface area contributed by atoms with Crippen LogP contribution in [0.25, 0.3) is 0 Å². The molecular formula is C20H21Cl2NO3. The Morgan fingerprint density at radius 1 is 1.08 bits per heavy atom. The lowest BCUT2D eigenvalue weighted by Crippen LogP contribution is -2.43. The van der Waals surface area contributed by atoms with Gasteiger partial charge in [0.2, 0.25) is 0 Å². The van der Waals surface area contributed by atoms with Gasteiger partial charge >= 0.3 is 0 Å². The molecule has 1 aliphatic rings. The molecule has 1 amide bonds. The minimum absolute atomic E-state index is 0.0230. The van der Waals surface area contributed by atoms with Crippen LogP contribution in [0, 0.1) is 0 Å². The van der Waals surface area contributed by atoms with E-state index < -0.39 is 0 Å². The number of likely N-dealkylation sites (tertiary alicyclic amines) is 1. The third-order valence-electron chi connectivity index (χ3n) is 4.28. The van der Waals surface area contributed by atoms with E-state index in [9.17, 15) is 4.79 Å². The quantitative estimate of drug-likeness (QED) is 0.667. The highest BCUT2D eigenvalue weighted by Crippen LogP contribution is 2.24.